The van der Waals surface area contributed by atoms with Gasteiger partial charge in [-0.2, -0.15) is 0 Å². The minimum atomic E-state index is 0.629. The summed E-state index contributed by atoms with van der Waals surface area (Å²) in [4.78, 5) is 8.65. The number of aryl methyl sites for hydroxylation is 2. The normalized spacial score (nSPS) is 10.8. The molecule has 2 aromatic heterocycles. The smallest absolute Gasteiger partial charge is 0.262 e. The highest BCUT2D eigenvalue weighted by atomic mass is 32.2. The van der Waals surface area contributed by atoms with Crippen LogP contribution in [0, 0.1) is 13.8 Å². The highest BCUT2D eigenvalue weighted by Gasteiger charge is 2.08. The Morgan fingerprint density at radius 3 is 2.82 bits per heavy atom. The molecule has 0 aromatic carbocycles. The molecule has 0 radical (unpaired) electrons. The fourth-order valence-corrected chi connectivity index (χ4v) is 2.27. The van der Waals surface area contributed by atoms with Gasteiger partial charge in [0, 0.05) is 6.20 Å². The standard InChI is InChI=1S/C12H15N3OS/c1-8-5-10(3-4-13)6-14-11(8)17-12-15-9(2)7-16-12/h5-7H,3-4,13H2,1-2H3. The van der Waals surface area contributed by atoms with Crippen molar-refractivity contribution in [2.75, 3.05) is 6.54 Å². The Labute approximate surface area is 105 Å². The van der Waals surface area contributed by atoms with Crippen molar-refractivity contribution in [1.82, 2.24) is 9.97 Å². The molecule has 2 heterocycles. The van der Waals surface area contributed by atoms with Gasteiger partial charge in [-0.05, 0) is 49.7 Å². The van der Waals surface area contributed by atoms with E-state index in [9.17, 15) is 0 Å². The Kier molecular flexibility index (Phi) is 3.81. The van der Waals surface area contributed by atoms with Crippen LogP contribution in [0.15, 0.2) is 33.2 Å². The summed E-state index contributed by atoms with van der Waals surface area (Å²) in [5.41, 5.74) is 8.68. The molecule has 0 unspecified atom stereocenters. The molecule has 0 saturated carbocycles. The summed E-state index contributed by atoms with van der Waals surface area (Å²) in [6.07, 6.45) is 4.36. The van der Waals surface area contributed by atoms with Crippen molar-refractivity contribution in [3.8, 4) is 0 Å². The molecular weight excluding hydrogens is 234 g/mol. The number of hydrogen-bond donors (Lipinski definition) is 1. The first-order valence-corrected chi connectivity index (χ1v) is 6.26. The van der Waals surface area contributed by atoms with Crippen molar-refractivity contribution >= 4 is 11.8 Å². The van der Waals surface area contributed by atoms with E-state index in [0.717, 1.165) is 28.3 Å². The zero-order valence-corrected chi connectivity index (χ0v) is 10.8. The van der Waals surface area contributed by atoms with Gasteiger partial charge in [-0.1, -0.05) is 6.07 Å². The van der Waals surface area contributed by atoms with Crippen LogP contribution in [-0.4, -0.2) is 16.5 Å². The van der Waals surface area contributed by atoms with Gasteiger partial charge in [0.2, 0.25) is 0 Å². The Morgan fingerprint density at radius 1 is 1.41 bits per heavy atom. The average Bonchev–Trinajstić information content (AvgIpc) is 2.69. The Morgan fingerprint density at radius 2 is 2.24 bits per heavy atom. The van der Waals surface area contributed by atoms with Crippen molar-refractivity contribution in [3.05, 3.63) is 35.3 Å². The third kappa shape index (κ3) is 3.08. The molecule has 2 N–H and O–H groups in total. The summed E-state index contributed by atoms with van der Waals surface area (Å²) in [7, 11) is 0. The largest absolute Gasteiger partial charge is 0.439 e. The average molecular weight is 249 g/mol. The molecule has 0 atom stereocenters. The number of pyridine rings is 1. The van der Waals surface area contributed by atoms with Crippen LogP contribution in [-0.2, 0) is 6.42 Å². The topological polar surface area (TPSA) is 64.9 Å². The van der Waals surface area contributed by atoms with Crippen LogP contribution in [0.4, 0.5) is 0 Å². The highest BCUT2D eigenvalue weighted by Crippen LogP contribution is 2.27. The highest BCUT2D eigenvalue weighted by molar-refractivity contribution is 7.99. The van der Waals surface area contributed by atoms with Crippen molar-refractivity contribution in [2.45, 2.75) is 30.5 Å². The third-order valence-electron chi connectivity index (χ3n) is 2.30. The van der Waals surface area contributed by atoms with Crippen molar-refractivity contribution in [1.29, 1.82) is 0 Å². The Hall–Kier alpha value is -1.33. The van der Waals surface area contributed by atoms with Crippen LogP contribution in [0.2, 0.25) is 0 Å². The first kappa shape index (κ1) is 12.1. The van der Waals surface area contributed by atoms with E-state index in [1.807, 2.05) is 20.0 Å². The molecular formula is C12H15N3OS. The number of nitrogens with zero attached hydrogens (tertiary/aromatic N) is 2. The van der Waals surface area contributed by atoms with E-state index in [1.54, 1.807) is 6.26 Å². The van der Waals surface area contributed by atoms with Gasteiger partial charge >= 0.3 is 0 Å². The summed E-state index contributed by atoms with van der Waals surface area (Å²) in [5.74, 6) is 0. The molecule has 4 nitrogen and oxygen atoms in total. The van der Waals surface area contributed by atoms with E-state index in [4.69, 9.17) is 10.2 Å². The second kappa shape index (κ2) is 5.33. The first-order chi connectivity index (χ1) is 8.19. The molecule has 0 fully saturated rings. The van der Waals surface area contributed by atoms with Crippen molar-refractivity contribution in [2.24, 2.45) is 5.73 Å². The quantitative estimate of drug-likeness (QED) is 0.901. The Bertz CT molecular complexity index is 510. The molecule has 0 bridgehead atoms. The van der Waals surface area contributed by atoms with Gasteiger partial charge in [-0.25, -0.2) is 9.97 Å². The fraction of sp³-hybridized carbons (Fsp3) is 0.333. The van der Waals surface area contributed by atoms with Crippen molar-refractivity contribution in [3.63, 3.8) is 0 Å². The summed E-state index contributed by atoms with van der Waals surface area (Å²) >= 11 is 1.44. The fourth-order valence-electron chi connectivity index (χ4n) is 1.49. The molecule has 0 aliphatic rings. The monoisotopic (exact) mass is 249 g/mol. The zero-order chi connectivity index (χ0) is 12.3. The lowest BCUT2D eigenvalue weighted by atomic mass is 10.2. The molecule has 5 heteroatoms. The van der Waals surface area contributed by atoms with Gasteiger partial charge in [0.05, 0.1) is 5.69 Å². The van der Waals surface area contributed by atoms with E-state index in [1.165, 1.54) is 11.8 Å². The minimum Gasteiger partial charge on any atom is -0.439 e. The van der Waals surface area contributed by atoms with Crippen molar-refractivity contribution < 1.29 is 4.42 Å². The van der Waals surface area contributed by atoms with E-state index >= 15 is 0 Å². The van der Waals surface area contributed by atoms with Crippen LogP contribution in [0.25, 0.3) is 0 Å². The lowest BCUT2D eigenvalue weighted by Gasteiger charge is -2.04. The van der Waals surface area contributed by atoms with Crippen LogP contribution in [0.5, 0.6) is 0 Å². The molecule has 2 rings (SSSR count). The number of aromatic nitrogens is 2. The molecule has 2 aromatic rings. The summed E-state index contributed by atoms with van der Waals surface area (Å²) in [6.45, 7) is 4.58. The van der Waals surface area contributed by atoms with E-state index in [2.05, 4.69) is 16.0 Å². The van der Waals surface area contributed by atoms with Crippen LogP contribution in [0.1, 0.15) is 16.8 Å². The number of nitrogens with two attached hydrogens (primary N) is 1. The van der Waals surface area contributed by atoms with Gasteiger partial charge in [0.1, 0.15) is 11.3 Å². The maximum atomic E-state index is 5.52. The van der Waals surface area contributed by atoms with E-state index in [-0.39, 0.29) is 0 Å². The second-order valence-electron chi connectivity index (χ2n) is 3.86. The predicted molar refractivity (Wildman–Crippen MR) is 67.1 cm³/mol. The lowest BCUT2D eigenvalue weighted by molar-refractivity contribution is 0.453. The Balaban J connectivity index is 2.16. The molecule has 0 aliphatic carbocycles. The summed E-state index contributed by atoms with van der Waals surface area (Å²) < 4.78 is 5.29. The molecule has 17 heavy (non-hydrogen) atoms. The molecule has 0 saturated heterocycles. The van der Waals surface area contributed by atoms with Gasteiger partial charge < -0.3 is 10.2 Å². The van der Waals surface area contributed by atoms with Crippen LogP contribution < -0.4 is 5.73 Å². The molecule has 0 amide bonds. The molecule has 90 valence electrons. The zero-order valence-electron chi connectivity index (χ0n) is 9.93. The predicted octanol–water partition coefficient (Wildman–Crippen LogP) is 2.34. The van der Waals surface area contributed by atoms with Gasteiger partial charge in [0.25, 0.3) is 5.22 Å². The van der Waals surface area contributed by atoms with Crippen LogP contribution >= 0.6 is 11.8 Å². The van der Waals surface area contributed by atoms with E-state index < -0.39 is 0 Å². The van der Waals surface area contributed by atoms with Gasteiger partial charge in [-0.15, -0.1) is 0 Å². The molecule has 0 spiro atoms. The van der Waals surface area contributed by atoms with E-state index in [0.29, 0.717) is 11.8 Å². The lowest BCUT2D eigenvalue weighted by Crippen LogP contribution is -2.03. The maximum Gasteiger partial charge on any atom is 0.262 e. The summed E-state index contributed by atoms with van der Waals surface area (Å²) in [5, 5.41) is 1.55. The maximum absolute atomic E-state index is 5.52. The summed E-state index contributed by atoms with van der Waals surface area (Å²) in [6, 6.07) is 2.11. The van der Waals surface area contributed by atoms with Gasteiger partial charge in [-0.3, -0.25) is 0 Å². The first-order valence-electron chi connectivity index (χ1n) is 5.44. The second-order valence-corrected chi connectivity index (χ2v) is 4.80. The third-order valence-corrected chi connectivity index (χ3v) is 3.28. The SMILES string of the molecule is Cc1coc(Sc2ncc(CCN)cc2C)n1. The molecule has 0 aliphatic heterocycles. The number of oxazole rings is 1. The number of rotatable bonds is 4. The minimum absolute atomic E-state index is 0.629. The van der Waals surface area contributed by atoms with Crippen LogP contribution in [0.3, 0.4) is 0 Å². The van der Waals surface area contributed by atoms with Gasteiger partial charge in [0.15, 0.2) is 0 Å². The number of hydrogen-bond acceptors (Lipinski definition) is 5.